The van der Waals surface area contributed by atoms with Crippen molar-refractivity contribution in [1.29, 1.82) is 0 Å². The van der Waals surface area contributed by atoms with Crippen LogP contribution in [-0.4, -0.2) is 37.6 Å². The van der Waals surface area contributed by atoms with E-state index in [-0.39, 0.29) is 0 Å². The first-order chi connectivity index (χ1) is 9.33. The smallest absolute Gasteiger partial charge is 0.233 e. The number of hydrogen-bond acceptors (Lipinski definition) is 5. The standard InChI is InChI=1S/C14H16N2O3/c1-17-9-10-19-14-8-7-13(15-16-14)11-3-5-12(18-2)6-4-11/h3-8H,9-10H2,1-2H3. The molecule has 5 heteroatoms. The van der Waals surface area contributed by atoms with Crippen molar-refractivity contribution in [3.05, 3.63) is 36.4 Å². The summed E-state index contributed by atoms with van der Waals surface area (Å²) in [6.45, 7) is 0.995. The summed E-state index contributed by atoms with van der Waals surface area (Å²) in [6, 6.07) is 11.3. The van der Waals surface area contributed by atoms with Crippen molar-refractivity contribution in [1.82, 2.24) is 10.2 Å². The van der Waals surface area contributed by atoms with Gasteiger partial charge in [-0.15, -0.1) is 10.2 Å². The summed E-state index contributed by atoms with van der Waals surface area (Å²) in [6.07, 6.45) is 0. The van der Waals surface area contributed by atoms with Crippen molar-refractivity contribution in [3.8, 4) is 22.9 Å². The van der Waals surface area contributed by atoms with Crippen LogP contribution in [0.15, 0.2) is 36.4 Å². The van der Waals surface area contributed by atoms with Crippen molar-refractivity contribution >= 4 is 0 Å². The SMILES string of the molecule is COCCOc1ccc(-c2ccc(OC)cc2)nn1. The molecule has 0 fully saturated rings. The summed E-state index contributed by atoms with van der Waals surface area (Å²) in [5, 5.41) is 8.14. The Kier molecular flexibility index (Phi) is 4.69. The van der Waals surface area contributed by atoms with E-state index in [2.05, 4.69) is 10.2 Å². The second-order valence-electron chi connectivity index (χ2n) is 3.83. The highest BCUT2D eigenvalue weighted by Gasteiger charge is 2.02. The Morgan fingerprint density at radius 1 is 0.895 bits per heavy atom. The third kappa shape index (κ3) is 3.66. The molecule has 0 aliphatic carbocycles. The van der Waals surface area contributed by atoms with Crippen molar-refractivity contribution in [3.63, 3.8) is 0 Å². The lowest BCUT2D eigenvalue weighted by Crippen LogP contribution is -2.05. The molecule has 19 heavy (non-hydrogen) atoms. The van der Waals surface area contributed by atoms with E-state index in [1.807, 2.05) is 30.3 Å². The van der Waals surface area contributed by atoms with E-state index in [1.165, 1.54) is 0 Å². The van der Waals surface area contributed by atoms with Crippen LogP contribution in [0.3, 0.4) is 0 Å². The molecule has 0 saturated heterocycles. The average Bonchev–Trinajstić information content (AvgIpc) is 2.48. The predicted molar refractivity (Wildman–Crippen MR) is 71.4 cm³/mol. The van der Waals surface area contributed by atoms with Crippen LogP contribution < -0.4 is 9.47 Å². The van der Waals surface area contributed by atoms with Gasteiger partial charge in [-0.25, -0.2) is 0 Å². The van der Waals surface area contributed by atoms with Gasteiger partial charge in [0.25, 0.3) is 0 Å². The van der Waals surface area contributed by atoms with Crippen LogP contribution in [0.1, 0.15) is 0 Å². The van der Waals surface area contributed by atoms with Gasteiger partial charge in [0.2, 0.25) is 5.88 Å². The van der Waals surface area contributed by atoms with Crippen LogP contribution in [0.25, 0.3) is 11.3 Å². The molecule has 0 bridgehead atoms. The molecule has 0 aliphatic heterocycles. The van der Waals surface area contributed by atoms with Crippen LogP contribution in [0, 0.1) is 0 Å². The summed E-state index contributed by atoms with van der Waals surface area (Å²) in [5.41, 5.74) is 1.78. The molecule has 0 spiro atoms. The van der Waals surface area contributed by atoms with Crippen LogP contribution in [-0.2, 0) is 4.74 Å². The molecule has 0 N–H and O–H groups in total. The summed E-state index contributed by atoms with van der Waals surface area (Å²) in [5.74, 6) is 1.31. The number of benzene rings is 1. The molecule has 0 saturated carbocycles. The second kappa shape index (κ2) is 6.70. The molecular weight excluding hydrogens is 244 g/mol. The quantitative estimate of drug-likeness (QED) is 0.745. The Labute approximate surface area is 112 Å². The van der Waals surface area contributed by atoms with E-state index in [9.17, 15) is 0 Å². The molecule has 0 amide bonds. The van der Waals surface area contributed by atoms with Gasteiger partial charge < -0.3 is 14.2 Å². The normalized spacial score (nSPS) is 10.2. The lowest BCUT2D eigenvalue weighted by atomic mass is 10.1. The van der Waals surface area contributed by atoms with Crippen molar-refractivity contribution < 1.29 is 14.2 Å². The monoisotopic (exact) mass is 260 g/mol. The third-order valence-electron chi connectivity index (χ3n) is 2.56. The molecule has 0 aliphatic rings. The van der Waals surface area contributed by atoms with E-state index in [4.69, 9.17) is 14.2 Å². The summed E-state index contributed by atoms with van der Waals surface area (Å²) >= 11 is 0. The summed E-state index contributed by atoms with van der Waals surface area (Å²) in [4.78, 5) is 0. The topological polar surface area (TPSA) is 53.5 Å². The van der Waals surface area contributed by atoms with Crippen LogP contribution in [0.4, 0.5) is 0 Å². The Morgan fingerprint density at radius 2 is 1.68 bits per heavy atom. The van der Waals surface area contributed by atoms with Gasteiger partial charge in [-0.05, 0) is 30.3 Å². The first-order valence-corrected chi connectivity index (χ1v) is 5.93. The molecule has 100 valence electrons. The van der Waals surface area contributed by atoms with E-state index in [0.717, 1.165) is 17.0 Å². The Bertz CT molecular complexity index is 497. The van der Waals surface area contributed by atoms with E-state index in [1.54, 1.807) is 20.3 Å². The van der Waals surface area contributed by atoms with Gasteiger partial charge in [0.05, 0.1) is 19.4 Å². The fraction of sp³-hybridized carbons (Fsp3) is 0.286. The van der Waals surface area contributed by atoms with Gasteiger partial charge in [-0.3, -0.25) is 0 Å². The van der Waals surface area contributed by atoms with E-state index >= 15 is 0 Å². The number of ether oxygens (including phenoxy) is 3. The van der Waals surface area contributed by atoms with Crippen LogP contribution in [0.5, 0.6) is 11.6 Å². The Morgan fingerprint density at radius 3 is 2.26 bits per heavy atom. The number of methoxy groups -OCH3 is 2. The average molecular weight is 260 g/mol. The molecule has 0 unspecified atom stereocenters. The maximum absolute atomic E-state index is 5.36. The molecule has 1 aromatic heterocycles. The highest BCUT2D eigenvalue weighted by molar-refractivity contribution is 5.59. The summed E-state index contributed by atoms with van der Waals surface area (Å²) < 4.78 is 15.4. The van der Waals surface area contributed by atoms with Crippen molar-refractivity contribution in [2.75, 3.05) is 27.4 Å². The minimum atomic E-state index is 0.465. The number of hydrogen-bond donors (Lipinski definition) is 0. The minimum absolute atomic E-state index is 0.465. The first kappa shape index (κ1) is 13.3. The molecule has 2 rings (SSSR count). The lowest BCUT2D eigenvalue weighted by Gasteiger charge is -2.05. The van der Waals surface area contributed by atoms with E-state index < -0.39 is 0 Å². The zero-order valence-corrected chi connectivity index (χ0v) is 11.0. The van der Waals surface area contributed by atoms with Gasteiger partial charge in [-0.1, -0.05) is 0 Å². The first-order valence-electron chi connectivity index (χ1n) is 5.93. The molecule has 0 atom stereocenters. The molecule has 1 aromatic carbocycles. The third-order valence-corrected chi connectivity index (χ3v) is 2.56. The molecule has 2 aromatic rings. The maximum atomic E-state index is 5.36. The highest BCUT2D eigenvalue weighted by Crippen LogP contribution is 2.20. The fourth-order valence-electron chi connectivity index (χ4n) is 1.54. The van der Waals surface area contributed by atoms with Crippen molar-refractivity contribution in [2.24, 2.45) is 0 Å². The maximum Gasteiger partial charge on any atom is 0.233 e. The van der Waals surface area contributed by atoms with Crippen LogP contribution in [0.2, 0.25) is 0 Å². The predicted octanol–water partition coefficient (Wildman–Crippen LogP) is 2.18. The van der Waals surface area contributed by atoms with Gasteiger partial charge >= 0.3 is 0 Å². The Balaban J connectivity index is 2.04. The minimum Gasteiger partial charge on any atom is -0.497 e. The number of nitrogens with zero attached hydrogens (tertiary/aromatic N) is 2. The number of aromatic nitrogens is 2. The number of rotatable bonds is 6. The van der Waals surface area contributed by atoms with Crippen LogP contribution >= 0.6 is 0 Å². The van der Waals surface area contributed by atoms with Gasteiger partial charge in [0.15, 0.2) is 0 Å². The Hall–Kier alpha value is -2.14. The summed E-state index contributed by atoms with van der Waals surface area (Å²) in [7, 11) is 3.27. The zero-order valence-electron chi connectivity index (χ0n) is 11.0. The molecule has 5 nitrogen and oxygen atoms in total. The lowest BCUT2D eigenvalue weighted by molar-refractivity contribution is 0.143. The van der Waals surface area contributed by atoms with Gasteiger partial charge in [0, 0.05) is 18.7 Å². The highest BCUT2D eigenvalue weighted by atomic mass is 16.5. The molecule has 1 heterocycles. The van der Waals surface area contributed by atoms with Gasteiger partial charge in [0.1, 0.15) is 12.4 Å². The zero-order chi connectivity index (χ0) is 13.5. The molecular formula is C14H16N2O3. The van der Waals surface area contributed by atoms with Gasteiger partial charge in [-0.2, -0.15) is 0 Å². The van der Waals surface area contributed by atoms with E-state index in [0.29, 0.717) is 19.1 Å². The fourth-order valence-corrected chi connectivity index (χ4v) is 1.54. The largest absolute Gasteiger partial charge is 0.497 e. The molecule has 0 radical (unpaired) electrons. The second-order valence-corrected chi connectivity index (χ2v) is 3.83. The van der Waals surface area contributed by atoms with Crippen molar-refractivity contribution in [2.45, 2.75) is 0 Å².